The highest BCUT2D eigenvalue weighted by molar-refractivity contribution is 5.75. The Labute approximate surface area is 162 Å². The monoisotopic (exact) mass is 383 g/mol. The number of methoxy groups -OCH3 is 1. The Kier molecular flexibility index (Phi) is 12.1. The lowest BCUT2D eigenvalue weighted by molar-refractivity contribution is -0.152. The highest BCUT2D eigenvalue weighted by Crippen LogP contribution is 2.12. The molecule has 0 aromatic heterocycles. The van der Waals surface area contributed by atoms with Gasteiger partial charge in [0, 0.05) is 20.3 Å². The second kappa shape index (κ2) is 13.1. The van der Waals surface area contributed by atoms with Crippen molar-refractivity contribution in [1.29, 1.82) is 0 Å². The maximum Gasteiger partial charge on any atom is 0.407 e. The molecule has 0 heterocycles. The normalized spacial score (nSPS) is 13.0. The van der Waals surface area contributed by atoms with E-state index in [0.717, 1.165) is 12.2 Å². The second-order valence-corrected chi connectivity index (χ2v) is 6.73. The number of carboxylic acid groups (broad SMARTS) is 1. The van der Waals surface area contributed by atoms with Gasteiger partial charge >= 0.3 is 12.1 Å². The number of hydrogen-bond acceptors (Lipinski definition) is 5. The first-order valence-electron chi connectivity index (χ1n) is 9.01. The van der Waals surface area contributed by atoms with Crippen molar-refractivity contribution in [3.05, 3.63) is 35.9 Å². The van der Waals surface area contributed by atoms with E-state index >= 15 is 0 Å². The van der Waals surface area contributed by atoms with Crippen LogP contribution < -0.4 is 5.32 Å². The number of ether oxygens (including phenoxy) is 3. The quantitative estimate of drug-likeness (QED) is 0.716. The Morgan fingerprint density at radius 1 is 1.11 bits per heavy atom. The largest absolute Gasteiger partial charge is 0.479 e. The van der Waals surface area contributed by atoms with Crippen LogP contribution in [0.1, 0.15) is 40.2 Å². The van der Waals surface area contributed by atoms with Gasteiger partial charge in [0.2, 0.25) is 0 Å². The molecule has 2 atom stereocenters. The lowest BCUT2D eigenvalue weighted by atomic mass is 10.0. The van der Waals surface area contributed by atoms with E-state index in [9.17, 15) is 14.7 Å². The molecule has 1 rings (SSSR count). The predicted octanol–water partition coefficient (Wildman–Crippen LogP) is 3.26. The Morgan fingerprint density at radius 3 is 2.07 bits per heavy atom. The van der Waals surface area contributed by atoms with Crippen LogP contribution in [0, 0.1) is 0 Å². The van der Waals surface area contributed by atoms with Gasteiger partial charge in [-0.1, -0.05) is 30.3 Å². The van der Waals surface area contributed by atoms with E-state index in [-0.39, 0.29) is 6.61 Å². The molecule has 0 radical (unpaired) electrons. The molecule has 7 heteroatoms. The van der Waals surface area contributed by atoms with Crippen LogP contribution in [-0.2, 0) is 25.4 Å². The number of amides is 1. The minimum atomic E-state index is -1.15. The first-order valence-corrected chi connectivity index (χ1v) is 9.01. The molecule has 0 bridgehead atoms. The predicted molar refractivity (Wildman–Crippen MR) is 104 cm³/mol. The summed E-state index contributed by atoms with van der Waals surface area (Å²) in [6, 6.07) is 8.59. The zero-order valence-electron chi connectivity index (χ0n) is 17.2. The van der Waals surface area contributed by atoms with Crippen molar-refractivity contribution in [2.24, 2.45) is 0 Å². The molecule has 0 saturated carbocycles. The van der Waals surface area contributed by atoms with E-state index in [1.807, 2.05) is 37.3 Å². The summed E-state index contributed by atoms with van der Waals surface area (Å²) in [5.74, 6) is -1.12. The van der Waals surface area contributed by atoms with Gasteiger partial charge in [-0.2, -0.15) is 0 Å². The van der Waals surface area contributed by atoms with Crippen molar-refractivity contribution in [1.82, 2.24) is 5.32 Å². The fraction of sp³-hybridized carbons (Fsp3) is 0.600. The number of hydrogen-bond donors (Lipinski definition) is 2. The number of nitrogens with one attached hydrogen (secondary N) is 1. The summed E-state index contributed by atoms with van der Waals surface area (Å²) in [6.07, 6.45) is -1.48. The minimum Gasteiger partial charge on any atom is -0.479 e. The van der Waals surface area contributed by atoms with Crippen LogP contribution in [0.4, 0.5) is 4.79 Å². The van der Waals surface area contributed by atoms with Gasteiger partial charge in [-0.05, 0) is 46.6 Å². The zero-order chi connectivity index (χ0) is 20.9. The third-order valence-corrected chi connectivity index (χ3v) is 3.24. The Balaban J connectivity index is 0.00000153. The minimum absolute atomic E-state index is 0.234. The van der Waals surface area contributed by atoms with Crippen LogP contribution in [0.5, 0.6) is 0 Å². The van der Waals surface area contributed by atoms with Crippen LogP contribution in [0.2, 0.25) is 0 Å². The van der Waals surface area contributed by atoms with Gasteiger partial charge in [0.15, 0.2) is 6.10 Å². The van der Waals surface area contributed by atoms with Crippen molar-refractivity contribution < 1.29 is 28.9 Å². The maximum absolute atomic E-state index is 12.0. The topological polar surface area (TPSA) is 94.1 Å². The molecule has 0 spiro atoms. The molecule has 0 aliphatic heterocycles. The molecule has 0 fully saturated rings. The summed E-state index contributed by atoms with van der Waals surface area (Å²) < 4.78 is 15.1. The molecule has 0 saturated heterocycles. The number of rotatable bonds is 8. The molecule has 1 amide bonds. The lowest BCUT2D eigenvalue weighted by Crippen LogP contribution is -2.50. The van der Waals surface area contributed by atoms with Gasteiger partial charge in [-0.25, -0.2) is 9.59 Å². The van der Waals surface area contributed by atoms with Gasteiger partial charge in [0.25, 0.3) is 0 Å². The van der Waals surface area contributed by atoms with Crippen molar-refractivity contribution in [3.63, 3.8) is 0 Å². The molecule has 0 unspecified atom stereocenters. The van der Waals surface area contributed by atoms with Crippen LogP contribution >= 0.6 is 0 Å². The number of alkyl carbamates (subject to hydrolysis) is 1. The number of aliphatic carboxylic acids is 1. The van der Waals surface area contributed by atoms with E-state index < -0.39 is 29.8 Å². The molecule has 7 nitrogen and oxygen atoms in total. The van der Waals surface area contributed by atoms with Crippen LogP contribution in [0.15, 0.2) is 30.3 Å². The van der Waals surface area contributed by atoms with Crippen molar-refractivity contribution in [3.8, 4) is 0 Å². The first kappa shape index (κ1) is 24.9. The average Bonchev–Trinajstić information content (AvgIpc) is 2.58. The van der Waals surface area contributed by atoms with Gasteiger partial charge in [0.1, 0.15) is 5.60 Å². The molecule has 1 aromatic carbocycles. The van der Waals surface area contributed by atoms with Crippen LogP contribution in [0.25, 0.3) is 0 Å². The van der Waals surface area contributed by atoms with Crippen molar-refractivity contribution in [2.75, 3.05) is 20.3 Å². The fourth-order valence-corrected chi connectivity index (χ4v) is 2.10. The van der Waals surface area contributed by atoms with E-state index in [4.69, 9.17) is 9.47 Å². The van der Waals surface area contributed by atoms with E-state index in [2.05, 4.69) is 10.1 Å². The van der Waals surface area contributed by atoms with Crippen molar-refractivity contribution >= 4 is 12.1 Å². The lowest BCUT2D eigenvalue weighted by Gasteiger charge is -2.27. The number of carbonyl (C=O) groups is 2. The summed E-state index contributed by atoms with van der Waals surface area (Å²) >= 11 is 0. The molecular weight excluding hydrogens is 350 g/mol. The van der Waals surface area contributed by atoms with Gasteiger partial charge in [-0.15, -0.1) is 0 Å². The fourth-order valence-electron chi connectivity index (χ4n) is 2.10. The number of carboxylic acids is 1. The van der Waals surface area contributed by atoms with Crippen molar-refractivity contribution in [2.45, 2.75) is 58.8 Å². The van der Waals surface area contributed by atoms with Crippen LogP contribution in [0.3, 0.4) is 0 Å². The second-order valence-electron chi connectivity index (χ2n) is 6.73. The Bertz CT molecular complexity index is 539. The average molecular weight is 383 g/mol. The molecule has 27 heavy (non-hydrogen) atoms. The summed E-state index contributed by atoms with van der Waals surface area (Å²) in [7, 11) is 1.68. The summed E-state index contributed by atoms with van der Waals surface area (Å²) in [5, 5.41) is 12.0. The molecule has 154 valence electrons. The third-order valence-electron chi connectivity index (χ3n) is 3.24. The number of benzene rings is 1. The van der Waals surface area contributed by atoms with E-state index in [0.29, 0.717) is 6.42 Å². The Morgan fingerprint density at radius 2 is 1.67 bits per heavy atom. The van der Waals surface area contributed by atoms with E-state index in [1.165, 1.54) is 0 Å². The third kappa shape index (κ3) is 12.0. The molecule has 0 aliphatic carbocycles. The smallest absolute Gasteiger partial charge is 0.407 e. The highest BCUT2D eigenvalue weighted by atomic mass is 16.6. The Hall–Kier alpha value is -2.12. The van der Waals surface area contributed by atoms with Gasteiger partial charge in [0.05, 0.1) is 6.04 Å². The summed E-state index contributed by atoms with van der Waals surface area (Å²) in [6.45, 7) is 9.96. The van der Waals surface area contributed by atoms with E-state index in [1.54, 1.807) is 34.8 Å². The van der Waals surface area contributed by atoms with Gasteiger partial charge < -0.3 is 24.6 Å². The van der Waals surface area contributed by atoms with Crippen LogP contribution in [-0.4, -0.2) is 55.2 Å². The number of carbonyl (C=O) groups excluding carboxylic acids is 1. The highest BCUT2D eigenvalue weighted by Gasteiger charge is 2.31. The maximum atomic E-state index is 12.0. The summed E-state index contributed by atoms with van der Waals surface area (Å²) in [5.41, 5.74) is 0.241. The first-order chi connectivity index (χ1) is 12.6. The molecule has 2 N–H and O–H groups in total. The zero-order valence-corrected chi connectivity index (χ0v) is 17.2. The molecule has 0 aliphatic rings. The standard InChI is InChI=1S/C17H25NO5.C3H8O/c1-5-22-14(15(19)20)13(11-12-9-7-6-8-10-12)18-16(21)23-17(2,3)4;1-3-4-2/h6-10,13-14H,5,11H2,1-4H3,(H,18,21)(H,19,20);3H2,1-2H3/t13-,14+;/m1./s1. The van der Waals surface area contributed by atoms with Gasteiger partial charge in [-0.3, -0.25) is 0 Å². The summed E-state index contributed by atoms with van der Waals surface area (Å²) in [4.78, 5) is 23.5. The molecule has 1 aromatic rings. The molecular formula is C20H33NO6. The SMILES string of the molecule is CCOC.CCO[C@H](C(=O)O)[C@@H](Cc1ccccc1)NC(=O)OC(C)(C)C.